The molecule has 0 bridgehead atoms. The van der Waals surface area contributed by atoms with Gasteiger partial charge in [-0.15, -0.1) is 0 Å². The molecule has 22 heavy (non-hydrogen) atoms. The number of ether oxygens (including phenoxy) is 1. The number of carbonyl (C=O) groups is 2. The van der Waals surface area contributed by atoms with Gasteiger partial charge in [-0.2, -0.15) is 9.98 Å². The Morgan fingerprint density at radius 2 is 1.91 bits per heavy atom. The minimum absolute atomic E-state index is 0.0680. The van der Waals surface area contributed by atoms with E-state index in [1.165, 1.54) is 38.1 Å². The Labute approximate surface area is 128 Å². The summed E-state index contributed by atoms with van der Waals surface area (Å²) in [5.41, 5.74) is 0.452. The molecule has 1 rings (SSSR count). The van der Waals surface area contributed by atoms with Crippen LogP contribution < -0.4 is 10.0 Å². The molecule has 1 amide bonds. The summed E-state index contributed by atoms with van der Waals surface area (Å²) in [4.78, 5) is 22.3. The Hall–Kier alpha value is -2.44. The monoisotopic (exact) mass is 325 g/mol. The molecule has 0 saturated carbocycles. The molecule has 0 radical (unpaired) electrons. The van der Waals surface area contributed by atoms with Crippen molar-refractivity contribution in [2.45, 2.75) is 24.8 Å². The first kappa shape index (κ1) is 17.6. The van der Waals surface area contributed by atoms with E-state index in [1.807, 2.05) is 0 Å². The van der Waals surface area contributed by atoms with Crippen LogP contribution in [0.5, 0.6) is 0 Å². The summed E-state index contributed by atoms with van der Waals surface area (Å²) in [6, 6.07) is 5.92. The molecule has 0 heterocycles. The average Bonchev–Trinajstić information content (AvgIpc) is 2.44. The third kappa shape index (κ3) is 5.16. The van der Waals surface area contributed by atoms with Gasteiger partial charge >= 0.3 is 5.97 Å². The maximum atomic E-state index is 12.1. The van der Waals surface area contributed by atoms with Crippen LogP contribution in [0, 0.1) is 11.3 Å². The Morgan fingerprint density at radius 3 is 2.41 bits per heavy atom. The Morgan fingerprint density at radius 1 is 1.32 bits per heavy atom. The van der Waals surface area contributed by atoms with Crippen LogP contribution in [-0.4, -0.2) is 32.9 Å². The van der Waals surface area contributed by atoms with Gasteiger partial charge in [-0.1, -0.05) is 0 Å². The molecule has 1 aromatic rings. The lowest BCUT2D eigenvalue weighted by atomic mass is 10.3. The number of nitriles is 1. The SMILES string of the molecule is CC(=O)Nc1ccc(S(=O)(=O)N[C@@H](C)C(=O)OCC#N)cc1. The van der Waals surface area contributed by atoms with Crippen molar-refractivity contribution in [2.24, 2.45) is 0 Å². The normalized spacial score (nSPS) is 12.0. The minimum Gasteiger partial charge on any atom is -0.449 e. The third-order valence-electron chi connectivity index (χ3n) is 2.45. The van der Waals surface area contributed by atoms with E-state index in [0.29, 0.717) is 5.69 Å². The molecule has 0 aliphatic carbocycles. The molecule has 2 N–H and O–H groups in total. The summed E-state index contributed by atoms with van der Waals surface area (Å²) in [7, 11) is -3.92. The van der Waals surface area contributed by atoms with Gasteiger partial charge in [0, 0.05) is 12.6 Å². The van der Waals surface area contributed by atoms with Gasteiger partial charge in [0.1, 0.15) is 12.1 Å². The van der Waals surface area contributed by atoms with Crippen LogP contribution in [-0.2, 0) is 24.3 Å². The first-order chi connectivity index (χ1) is 10.3. The molecule has 0 spiro atoms. The van der Waals surface area contributed by atoms with Crippen molar-refractivity contribution < 1.29 is 22.7 Å². The highest BCUT2D eigenvalue weighted by atomic mass is 32.2. The Balaban J connectivity index is 2.80. The highest BCUT2D eigenvalue weighted by molar-refractivity contribution is 7.89. The van der Waals surface area contributed by atoms with E-state index in [9.17, 15) is 18.0 Å². The molecule has 0 aliphatic heterocycles. The number of hydrogen-bond donors (Lipinski definition) is 2. The largest absolute Gasteiger partial charge is 0.449 e. The van der Waals surface area contributed by atoms with Gasteiger partial charge in [0.15, 0.2) is 6.61 Å². The summed E-state index contributed by atoms with van der Waals surface area (Å²) in [5, 5.41) is 10.8. The second-order valence-corrected chi connectivity index (χ2v) is 6.03. The molecule has 1 atom stereocenters. The number of sulfonamides is 1. The van der Waals surface area contributed by atoms with Gasteiger partial charge in [-0.3, -0.25) is 9.59 Å². The lowest BCUT2D eigenvalue weighted by molar-refractivity contribution is -0.143. The van der Waals surface area contributed by atoms with Crippen LogP contribution in [0.2, 0.25) is 0 Å². The second kappa shape index (κ2) is 7.53. The molecular formula is C13H15N3O5S. The van der Waals surface area contributed by atoms with Crippen molar-refractivity contribution in [3.8, 4) is 6.07 Å². The highest BCUT2D eigenvalue weighted by Crippen LogP contribution is 2.14. The van der Waals surface area contributed by atoms with Crippen molar-refractivity contribution >= 4 is 27.6 Å². The quantitative estimate of drug-likeness (QED) is 0.728. The van der Waals surface area contributed by atoms with Gasteiger partial charge in [0.2, 0.25) is 15.9 Å². The molecule has 118 valence electrons. The number of carbonyl (C=O) groups excluding carboxylic acids is 2. The van der Waals surface area contributed by atoms with Gasteiger partial charge < -0.3 is 10.1 Å². The number of nitrogens with one attached hydrogen (secondary N) is 2. The zero-order valence-corrected chi connectivity index (χ0v) is 12.8. The topological polar surface area (TPSA) is 125 Å². The summed E-state index contributed by atoms with van der Waals surface area (Å²) in [5.74, 6) is -1.12. The zero-order valence-electron chi connectivity index (χ0n) is 12.0. The van der Waals surface area contributed by atoms with E-state index >= 15 is 0 Å². The summed E-state index contributed by atoms with van der Waals surface area (Å²) < 4.78 is 30.8. The Bertz CT molecular complexity index is 691. The van der Waals surface area contributed by atoms with E-state index in [0.717, 1.165) is 0 Å². The predicted molar refractivity (Wildman–Crippen MR) is 77.1 cm³/mol. The van der Waals surface area contributed by atoms with Crippen molar-refractivity contribution in [3.05, 3.63) is 24.3 Å². The van der Waals surface area contributed by atoms with E-state index in [4.69, 9.17) is 5.26 Å². The van der Waals surface area contributed by atoms with Crippen LogP contribution >= 0.6 is 0 Å². The van der Waals surface area contributed by atoms with Crippen LogP contribution in [0.4, 0.5) is 5.69 Å². The fraction of sp³-hybridized carbons (Fsp3) is 0.308. The molecule has 1 aromatic carbocycles. The van der Waals surface area contributed by atoms with Crippen LogP contribution in [0.3, 0.4) is 0 Å². The molecule has 0 saturated heterocycles. The van der Waals surface area contributed by atoms with Gasteiger partial charge in [-0.05, 0) is 31.2 Å². The second-order valence-electron chi connectivity index (χ2n) is 4.31. The number of esters is 1. The van der Waals surface area contributed by atoms with Crippen molar-refractivity contribution in [1.29, 1.82) is 5.26 Å². The summed E-state index contributed by atoms with van der Waals surface area (Å²) in [6.07, 6.45) is 0. The first-order valence-corrected chi connectivity index (χ1v) is 7.68. The smallest absolute Gasteiger partial charge is 0.324 e. The molecule has 0 aromatic heterocycles. The molecule has 0 aliphatic rings. The van der Waals surface area contributed by atoms with Gasteiger partial charge in [0.25, 0.3) is 0 Å². The first-order valence-electron chi connectivity index (χ1n) is 6.20. The fourth-order valence-corrected chi connectivity index (χ4v) is 2.69. The van der Waals surface area contributed by atoms with Crippen molar-refractivity contribution in [1.82, 2.24) is 4.72 Å². The maximum Gasteiger partial charge on any atom is 0.324 e. The van der Waals surface area contributed by atoms with Crippen molar-refractivity contribution in [3.63, 3.8) is 0 Å². The summed E-state index contributed by atoms with van der Waals surface area (Å²) >= 11 is 0. The number of anilines is 1. The average molecular weight is 325 g/mol. The summed E-state index contributed by atoms with van der Waals surface area (Å²) in [6.45, 7) is 2.19. The predicted octanol–water partition coefficient (Wildman–Crippen LogP) is 0.379. The third-order valence-corrected chi connectivity index (χ3v) is 4.01. The van der Waals surface area contributed by atoms with Crippen LogP contribution in [0.15, 0.2) is 29.2 Å². The highest BCUT2D eigenvalue weighted by Gasteiger charge is 2.23. The van der Waals surface area contributed by atoms with E-state index in [1.54, 1.807) is 6.07 Å². The standard InChI is InChI=1S/C13H15N3O5S/c1-9(13(18)21-8-7-14)16-22(19,20)12-5-3-11(4-6-12)15-10(2)17/h3-6,9,16H,8H2,1-2H3,(H,15,17)/t9-/m0/s1. The Kier molecular flexibility index (Phi) is 6.03. The van der Waals surface area contributed by atoms with Gasteiger partial charge in [0.05, 0.1) is 4.90 Å². The number of nitrogens with zero attached hydrogens (tertiary/aromatic N) is 1. The van der Waals surface area contributed by atoms with Crippen molar-refractivity contribution in [2.75, 3.05) is 11.9 Å². The fourth-order valence-electron chi connectivity index (χ4n) is 1.50. The number of benzene rings is 1. The number of rotatable bonds is 6. The lowest BCUT2D eigenvalue weighted by Gasteiger charge is -2.13. The minimum atomic E-state index is -3.92. The zero-order chi connectivity index (χ0) is 16.8. The van der Waals surface area contributed by atoms with E-state index in [-0.39, 0.29) is 10.8 Å². The van der Waals surface area contributed by atoms with Gasteiger partial charge in [-0.25, -0.2) is 8.42 Å². The molecule has 8 nitrogen and oxygen atoms in total. The van der Waals surface area contributed by atoms with Crippen LogP contribution in [0.25, 0.3) is 0 Å². The number of amides is 1. The molecular weight excluding hydrogens is 310 g/mol. The van der Waals surface area contributed by atoms with Crippen LogP contribution in [0.1, 0.15) is 13.8 Å². The van der Waals surface area contributed by atoms with E-state index < -0.39 is 28.6 Å². The molecule has 9 heteroatoms. The molecule has 0 fully saturated rings. The number of hydrogen-bond acceptors (Lipinski definition) is 6. The lowest BCUT2D eigenvalue weighted by Crippen LogP contribution is -2.39. The maximum absolute atomic E-state index is 12.1. The van der Waals surface area contributed by atoms with E-state index in [2.05, 4.69) is 14.8 Å². The molecule has 0 unspecified atom stereocenters.